The Bertz CT molecular complexity index is 474. The van der Waals surface area contributed by atoms with Gasteiger partial charge in [0.2, 0.25) is 0 Å². The van der Waals surface area contributed by atoms with Crippen molar-refractivity contribution in [2.75, 3.05) is 0 Å². The standard InChI is InChI=1S/C18H30N2S/c1-12-5-7-14(8-6-12)17-20-16(13-9-10-13)15(21-17)11-19-18(2,3)4/h12-14,19H,5-11H2,1-4H3. The molecule has 1 heterocycles. The molecular weight excluding hydrogens is 276 g/mol. The minimum absolute atomic E-state index is 0.186. The summed E-state index contributed by atoms with van der Waals surface area (Å²) in [7, 11) is 0. The maximum absolute atomic E-state index is 5.10. The largest absolute Gasteiger partial charge is 0.307 e. The topological polar surface area (TPSA) is 24.9 Å². The average molecular weight is 307 g/mol. The molecule has 2 aliphatic carbocycles. The normalized spacial score (nSPS) is 27.0. The summed E-state index contributed by atoms with van der Waals surface area (Å²) in [4.78, 5) is 6.61. The Kier molecular flexibility index (Phi) is 4.42. The number of aromatic nitrogens is 1. The van der Waals surface area contributed by atoms with Crippen LogP contribution >= 0.6 is 11.3 Å². The zero-order valence-corrected chi connectivity index (χ0v) is 14.9. The van der Waals surface area contributed by atoms with Gasteiger partial charge in [-0.05, 0) is 52.4 Å². The lowest BCUT2D eigenvalue weighted by molar-refractivity contribution is 0.347. The van der Waals surface area contributed by atoms with E-state index < -0.39 is 0 Å². The van der Waals surface area contributed by atoms with Crippen LogP contribution in [0.5, 0.6) is 0 Å². The first-order valence-electron chi connectivity index (χ1n) is 8.67. The molecule has 0 unspecified atom stereocenters. The van der Waals surface area contributed by atoms with Gasteiger partial charge < -0.3 is 5.32 Å². The van der Waals surface area contributed by atoms with Crippen molar-refractivity contribution in [3.63, 3.8) is 0 Å². The Hall–Kier alpha value is -0.410. The second kappa shape index (κ2) is 6.00. The maximum atomic E-state index is 5.10. The summed E-state index contributed by atoms with van der Waals surface area (Å²) in [5.74, 6) is 2.44. The first-order chi connectivity index (χ1) is 9.92. The lowest BCUT2D eigenvalue weighted by atomic mass is 9.83. The highest BCUT2D eigenvalue weighted by atomic mass is 32.1. The van der Waals surface area contributed by atoms with Gasteiger partial charge in [-0.25, -0.2) is 4.98 Å². The summed E-state index contributed by atoms with van der Waals surface area (Å²) in [5, 5.41) is 5.09. The van der Waals surface area contributed by atoms with Gasteiger partial charge in [0.25, 0.3) is 0 Å². The van der Waals surface area contributed by atoms with Crippen LogP contribution in [0.1, 0.15) is 93.6 Å². The van der Waals surface area contributed by atoms with E-state index in [9.17, 15) is 0 Å². The molecule has 0 spiro atoms. The highest BCUT2D eigenvalue weighted by Crippen LogP contribution is 2.45. The van der Waals surface area contributed by atoms with Crippen molar-refractivity contribution in [3.8, 4) is 0 Å². The van der Waals surface area contributed by atoms with E-state index >= 15 is 0 Å². The van der Waals surface area contributed by atoms with E-state index in [-0.39, 0.29) is 5.54 Å². The Morgan fingerprint density at radius 1 is 1.05 bits per heavy atom. The van der Waals surface area contributed by atoms with Crippen LogP contribution < -0.4 is 5.32 Å². The molecule has 0 amide bonds. The Labute approximate surface area is 133 Å². The Morgan fingerprint density at radius 3 is 2.24 bits per heavy atom. The monoisotopic (exact) mass is 306 g/mol. The molecule has 2 aliphatic rings. The van der Waals surface area contributed by atoms with E-state index in [1.54, 1.807) is 0 Å². The van der Waals surface area contributed by atoms with Crippen LogP contribution in [0.15, 0.2) is 0 Å². The molecule has 1 aromatic heterocycles. The van der Waals surface area contributed by atoms with Gasteiger partial charge in [0, 0.05) is 28.8 Å². The zero-order valence-electron chi connectivity index (χ0n) is 14.0. The van der Waals surface area contributed by atoms with Crippen molar-refractivity contribution in [1.29, 1.82) is 0 Å². The first-order valence-corrected chi connectivity index (χ1v) is 9.48. The third kappa shape index (κ3) is 4.07. The number of hydrogen-bond acceptors (Lipinski definition) is 3. The molecule has 1 aromatic rings. The number of thiazole rings is 1. The predicted octanol–water partition coefficient (Wildman–Crippen LogP) is 5.20. The second-order valence-electron chi connectivity index (χ2n) is 8.20. The molecule has 0 aromatic carbocycles. The fraction of sp³-hybridized carbons (Fsp3) is 0.833. The summed E-state index contributed by atoms with van der Waals surface area (Å²) >= 11 is 2.00. The first kappa shape index (κ1) is 15.5. The van der Waals surface area contributed by atoms with Crippen LogP contribution in [0.2, 0.25) is 0 Å². The van der Waals surface area contributed by atoms with Crippen molar-refractivity contribution in [2.45, 2.75) is 90.1 Å². The van der Waals surface area contributed by atoms with Gasteiger partial charge >= 0.3 is 0 Å². The molecule has 118 valence electrons. The smallest absolute Gasteiger partial charge is 0.0962 e. The summed E-state index contributed by atoms with van der Waals surface area (Å²) in [6.07, 6.45) is 8.19. The number of nitrogens with zero attached hydrogens (tertiary/aromatic N) is 1. The van der Waals surface area contributed by atoms with Gasteiger partial charge in [0.05, 0.1) is 10.7 Å². The molecule has 2 nitrogen and oxygen atoms in total. The molecular formula is C18H30N2S. The Morgan fingerprint density at radius 2 is 1.67 bits per heavy atom. The zero-order chi connectivity index (χ0) is 15.0. The third-order valence-electron chi connectivity index (χ3n) is 4.85. The van der Waals surface area contributed by atoms with E-state index in [1.165, 1.54) is 54.1 Å². The SMILES string of the molecule is CC1CCC(c2nc(C3CC3)c(CNC(C)(C)C)s2)CC1. The van der Waals surface area contributed by atoms with Crippen LogP contribution in [-0.2, 0) is 6.54 Å². The van der Waals surface area contributed by atoms with E-state index in [0.717, 1.165) is 24.3 Å². The molecule has 0 atom stereocenters. The molecule has 2 saturated carbocycles. The van der Waals surface area contributed by atoms with Crippen molar-refractivity contribution in [3.05, 3.63) is 15.6 Å². The van der Waals surface area contributed by atoms with Gasteiger partial charge in [0.1, 0.15) is 0 Å². The number of nitrogens with one attached hydrogen (secondary N) is 1. The summed E-state index contributed by atoms with van der Waals surface area (Å²) in [6, 6.07) is 0. The van der Waals surface area contributed by atoms with Crippen molar-refractivity contribution < 1.29 is 0 Å². The van der Waals surface area contributed by atoms with Gasteiger partial charge in [-0.15, -0.1) is 11.3 Å². The summed E-state index contributed by atoms with van der Waals surface area (Å²) in [5.41, 5.74) is 1.62. The predicted molar refractivity (Wildman–Crippen MR) is 91.1 cm³/mol. The second-order valence-corrected chi connectivity index (χ2v) is 9.31. The fourth-order valence-corrected chi connectivity index (χ4v) is 4.47. The van der Waals surface area contributed by atoms with E-state index in [2.05, 4.69) is 33.0 Å². The van der Waals surface area contributed by atoms with Crippen LogP contribution in [-0.4, -0.2) is 10.5 Å². The highest BCUT2D eigenvalue weighted by Gasteiger charge is 2.32. The summed E-state index contributed by atoms with van der Waals surface area (Å²) in [6.45, 7) is 10.1. The maximum Gasteiger partial charge on any atom is 0.0962 e. The molecule has 0 aliphatic heterocycles. The van der Waals surface area contributed by atoms with Gasteiger partial charge in [-0.2, -0.15) is 0 Å². The van der Waals surface area contributed by atoms with Gasteiger partial charge in [0.15, 0.2) is 0 Å². The van der Waals surface area contributed by atoms with Crippen molar-refractivity contribution >= 4 is 11.3 Å². The molecule has 0 saturated heterocycles. The van der Waals surface area contributed by atoms with Gasteiger partial charge in [-0.1, -0.05) is 19.8 Å². The molecule has 21 heavy (non-hydrogen) atoms. The third-order valence-corrected chi connectivity index (χ3v) is 6.09. The van der Waals surface area contributed by atoms with E-state index in [1.807, 2.05) is 11.3 Å². The molecule has 3 heteroatoms. The Balaban J connectivity index is 1.73. The lowest BCUT2D eigenvalue weighted by Crippen LogP contribution is -2.35. The molecule has 2 fully saturated rings. The fourth-order valence-electron chi connectivity index (χ4n) is 3.21. The molecule has 0 bridgehead atoms. The van der Waals surface area contributed by atoms with E-state index in [0.29, 0.717) is 0 Å². The highest BCUT2D eigenvalue weighted by molar-refractivity contribution is 7.11. The van der Waals surface area contributed by atoms with Crippen LogP contribution in [0.25, 0.3) is 0 Å². The van der Waals surface area contributed by atoms with Crippen molar-refractivity contribution in [1.82, 2.24) is 10.3 Å². The number of rotatable bonds is 4. The molecule has 3 rings (SSSR count). The summed E-state index contributed by atoms with van der Waals surface area (Å²) < 4.78 is 0. The van der Waals surface area contributed by atoms with Gasteiger partial charge in [-0.3, -0.25) is 0 Å². The van der Waals surface area contributed by atoms with E-state index in [4.69, 9.17) is 4.98 Å². The van der Waals surface area contributed by atoms with Crippen LogP contribution in [0.3, 0.4) is 0 Å². The minimum atomic E-state index is 0.186. The number of hydrogen-bond donors (Lipinski definition) is 1. The van der Waals surface area contributed by atoms with Crippen LogP contribution in [0, 0.1) is 5.92 Å². The minimum Gasteiger partial charge on any atom is -0.307 e. The van der Waals surface area contributed by atoms with Crippen molar-refractivity contribution in [2.24, 2.45) is 5.92 Å². The molecule has 1 N–H and O–H groups in total. The lowest BCUT2D eigenvalue weighted by Gasteiger charge is -2.24. The average Bonchev–Trinajstić information content (AvgIpc) is 3.17. The molecule has 0 radical (unpaired) electrons. The van der Waals surface area contributed by atoms with Crippen LogP contribution in [0.4, 0.5) is 0 Å². The quantitative estimate of drug-likeness (QED) is 0.826.